The van der Waals surface area contributed by atoms with Gasteiger partial charge in [-0.25, -0.2) is 8.78 Å². The fourth-order valence-corrected chi connectivity index (χ4v) is 2.96. The quantitative estimate of drug-likeness (QED) is 0.858. The second-order valence-electron chi connectivity index (χ2n) is 5.59. The minimum Gasteiger partial charge on any atom is -0.326 e. The van der Waals surface area contributed by atoms with Crippen molar-refractivity contribution < 1.29 is 18.4 Å². The van der Waals surface area contributed by atoms with Crippen molar-refractivity contribution in [3.8, 4) is 0 Å². The van der Waals surface area contributed by atoms with Gasteiger partial charge >= 0.3 is 0 Å². The van der Waals surface area contributed by atoms with E-state index in [1.54, 1.807) is 6.07 Å². The number of nitrogens with one attached hydrogen (secondary N) is 1. The molecule has 1 aliphatic rings. The van der Waals surface area contributed by atoms with E-state index < -0.39 is 35.1 Å². The molecule has 1 heterocycles. The Kier molecular flexibility index (Phi) is 4.92. The Morgan fingerprint density at radius 1 is 1.12 bits per heavy atom. The van der Waals surface area contributed by atoms with Gasteiger partial charge in [-0.15, -0.1) is 0 Å². The number of hydrogen-bond donors (Lipinski definition) is 1. The maximum atomic E-state index is 13.9. The van der Waals surface area contributed by atoms with Crippen molar-refractivity contribution in [2.45, 2.75) is 6.42 Å². The lowest BCUT2D eigenvalue weighted by Crippen LogP contribution is -2.29. The number of amides is 2. The van der Waals surface area contributed by atoms with Gasteiger partial charge in [-0.05, 0) is 30.3 Å². The number of halogens is 4. The van der Waals surface area contributed by atoms with Gasteiger partial charge in [0, 0.05) is 18.7 Å². The van der Waals surface area contributed by atoms with Crippen LogP contribution in [0.1, 0.15) is 6.42 Å². The average molecular weight is 385 g/mol. The minimum absolute atomic E-state index is 0.107. The molecule has 1 fully saturated rings. The van der Waals surface area contributed by atoms with Crippen molar-refractivity contribution in [1.82, 2.24) is 0 Å². The van der Waals surface area contributed by atoms with E-state index in [2.05, 4.69) is 5.32 Å². The molecule has 0 aliphatic carbocycles. The summed E-state index contributed by atoms with van der Waals surface area (Å²) in [6, 6.07) is 7.91. The first kappa shape index (κ1) is 17.6. The van der Waals surface area contributed by atoms with Crippen molar-refractivity contribution in [3.05, 3.63) is 58.1 Å². The van der Waals surface area contributed by atoms with Crippen molar-refractivity contribution in [1.29, 1.82) is 0 Å². The Bertz CT molecular complexity index is 840. The fraction of sp³-hybridized carbons (Fsp3) is 0.176. The number of carbonyl (C=O) groups is 2. The van der Waals surface area contributed by atoms with Gasteiger partial charge in [0.15, 0.2) is 0 Å². The smallest absolute Gasteiger partial charge is 0.229 e. The normalized spacial score (nSPS) is 17.0. The van der Waals surface area contributed by atoms with Crippen LogP contribution in [-0.4, -0.2) is 18.4 Å². The number of benzene rings is 2. The summed E-state index contributed by atoms with van der Waals surface area (Å²) in [5, 5.41) is 3.24. The summed E-state index contributed by atoms with van der Waals surface area (Å²) in [4.78, 5) is 25.4. The average Bonchev–Trinajstić information content (AvgIpc) is 2.93. The third-order valence-corrected chi connectivity index (χ3v) is 4.63. The topological polar surface area (TPSA) is 49.4 Å². The zero-order valence-corrected chi connectivity index (χ0v) is 14.2. The van der Waals surface area contributed by atoms with Crippen LogP contribution in [0.5, 0.6) is 0 Å². The molecule has 2 amide bonds. The van der Waals surface area contributed by atoms with Crippen molar-refractivity contribution >= 4 is 46.4 Å². The predicted octanol–water partition coefficient (Wildman–Crippen LogP) is 4.26. The maximum absolute atomic E-state index is 13.9. The number of carbonyl (C=O) groups excluding carboxylic acids is 2. The molecular weight excluding hydrogens is 373 g/mol. The Labute approximate surface area is 152 Å². The highest BCUT2D eigenvalue weighted by Gasteiger charge is 2.37. The molecule has 1 saturated heterocycles. The van der Waals surface area contributed by atoms with Gasteiger partial charge in [0.05, 0.1) is 16.0 Å². The molecule has 0 spiro atoms. The van der Waals surface area contributed by atoms with Gasteiger partial charge in [-0.2, -0.15) is 0 Å². The van der Waals surface area contributed by atoms with Crippen molar-refractivity contribution in [2.24, 2.45) is 5.92 Å². The summed E-state index contributed by atoms with van der Waals surface area (Å²) in [7, 11) is 0. The van der Waals surface area contributed by atoms with E-state index in [0.717, 1.165) is 17.0 Å². The van der Waals surface area contributed by atoms with Gasteiger partial charge in [0.1, 0.15) is 17.3 Å². The van der Waals surface area contributed by atoms with Gasteiger partial charge in [0.25, 0.3) is 0 Å². The molecule has 2 aromatic rings. The number of nitrogens with zero attached hydrogens (tertiary/aromatic N) is 1. The second-order valence-corrected chi connectivity index (χ2v) is 6.41. The zero-order chi connectivity index (χ0) is 18.1. The molecule has 0 bridgehead atoms. The van der Waals surface area contributed by atoms with E-state index in [4.69, 9.17) is 23.2 Å². The molecule has 4 nitrogen and oxygen atoms in total. The standard InChI is InChI=1S/C17H12Cl2F2N2O2/c18-11-5-4-10(7-12(11)19)22-17(25)9-6-15(24)23(8-9)16-13(20)2-1-3-14(16)21/h1-5,7,9H,6,8H2,(H,22,25). The highest BCUT2D eigenvalue weighted by molar-refractivity contribution is 6.42. The first-order chi connectivity index (χ1) is 11.9. The lowest BCUT2D eigenvalue weighted by molar-refractivity contribution is -0.122. The van der Waals surface area contributed by atoms with Crippen LogP contribution in [0.15, 0.2) is 36.4 Å². The summed E-state index contributed by atoms with van der Waals surface area (Å²) in [6.45, 7) is -0.107. The van der Waals surface area contributed by atoms with Gasteiger partial charge in [-0.3, -0.25) is 9.59 Å². The van der Waals surface area contributed by atoms with Crippen LogP contribution in [-0.2, 0) is 9.59 Å². The highest BCUT2D eigenvalue weighted by Crippen LogP contribution is 2.31. The van der Waals surface area contributed by atoms with E-state index in [1.165, 1.54) is 18.2 Å². The molecule has 2 aromatic carbocycles. The van der Waals surface area contributed by atoms with Crippen LogP contribution in [0.2, 0.25) is 10.0 Å². The van der Waals surface area contributed by atoms with Gasteiger partial charge < -0.3 is 10.2 Å². The summed E-state index contributed by atoms with van der Waals surface area (Å²) in [5.74, 6) is -3.39. The molecule has 0 radical (unpaired) electrons. The summed E-state index contributed by atoms with van der Waals surface area (Å²) in [5.41, 5.74) is -0.0142. The molecule has 3 rings (SSSR count). The van der Waals surface area contributed by atoms with Crippen LogP contribution in [0.4, 0.5) is 20.2 Å². The number of para-hydroxylation sites is 1. The lowest BCUT2D eigenvalue weighted by Gasteiger charge is -2.18. The maximum Gasteiger partial charge on any atom is 0.229 e. The molecule has 0 saturated carbocycles. The zero-order valence-electron chi connectivity index (χ0n) is 12.7. The lowest BCUT2D eigenvalue weighted by atomic mass is 10.1. The number of anilines is 2. The largest absolute Gasteiger partial charge is 0.326 e. The minimum atomic E-state index is -0.848. The van der Waals surface area contributed by atoms with Crippen molar-refractivity contribution in [3.63, 3.8) is 0 Å². The molecule has 1 unspecified atom stereocenters. The first-order valence-electron chi connectivity index (χ1n) is 7.37. The van der Waals surface area contributed by atoms with Crippen LogP contribution >= 0.6 is 23.2 Å². The third kappa shape index (κ3) is 3.60. The van der Waals surface area contributed by atoms with E-state index >= 15 is 0 Å². The molecule has 8 heteroatoms. The Morgan fingerprint density at radius 2 is 1.80 bits per heavy atom. The third-order valence-electron chi connectivity index (χ3n) is 3.89. The molecule has 130 valence electrons. The Hall–Kier alpha value is -2.18. The Balaban J connectivity index is 1.75. The summed E-state index contributed by atoms with van der Waals surface area (Å²) in [6.07, 6.45) is -0.138. The summed E-state index contributed by atoms with van der Waals surface area (Å²) >= 11 is 11.7. The van der Waals surface area contributed by atoms with E-state index in [0.29, 0.717) is 10.7 Å². The molecule has 25 heavy (non-hydrogen) atoms. The van der Waals surface area contributed by atoms with Gasteiger partial charge in [-0.1, -0.05) is 29.3 Å². The number of hydrogen-bond acceptors (Lipinski definition) is 2. The monoisotopic (exact) mass is 384 g/mol. The second kappa shape index (κ2) is 6.98. The first-order valence-corrected chi connectivity index (χ1v) is 8.12. The van der Waals surface area contributed by atoms with Crippen LogP contribution in [0, 0.1) is 17.6 Å². The highest BCUT2D eigenvalue weighted by atomic mass is 35.5. The summed E-state index contributed by atoms with van der Waals surface area (Å²) < 4.78 is 27.7. The van der Waals surface area contributed by atoms with Gasteiger partial charge in [0.2, 0.25) is 11.8 Å². The number of rotatable bonds is 3. The molecular formula is C17H12Cl2F2N2O2. The molecule has 1 aliphatic heterocycles. The Morgan fingerprint density at radius 3 is 2.44 bits per heavy atom. The van der Waals surface area contributed by atoms with Crippen LogP contribution in [0.25, 0.3) is 0 Å². The molecule has 0 aromatic heterocycles. The predicted molar refractivity (Wildman–Crippen MR) is 91.9 cm³/mol. The van der Waals surface area contributed by atoms with Crippen LogP contribution in [0.3, 0.4) is 0 Å². The molecule has 1 N–H and O–H groups in total. The van der Waals surface area contributed by atoms with Crippen LogP contribution < -0.4 is 10.2 Å². The van der Waals surface area contributed by atoms with E-state index in [1.807, 2.05) is 0 Å². The van der Waals surface area contributed by atoms with E-state index in [9.17, 15) is 18.4 Å². The van der Waals surface area contributed by atoms with Crippen molar-refractivity contribution in [2.75, 3.05) is 16.8 Å². The molecule has 1 atom stereocenters. The fourth-order valence-electron chi connectivity index (χ4n) is 2.66. The van der Waals surface area contributed by atoms with E-state index in [-0.39, 0.29) is 18.0 Å². The SMILES string of the molecule is O=C(Nc1ccc(Cl)c(Cl)c1)C1CC(=O)N(c2c(F)cccc2F)C1.